The fraction of sp³-hybridized carbons (Fsp3) is 0.500. The maximum atomic E-state index is 5.67. The molecule has 0 aromatic carbocycles. The smallest absolute Gasteiger partial charge is 0.237 e. The van der Waals surface area contributed by atoms with Crippen molar-refractivity contribution >= 4 is 5.69 Å². The van der Waals surface area contributed by atoms with Gasteiger partial charge in [-0.1, -0.05) is 0 Å². The van der Waals surface area contributed by atoms with Crippen LogP contribution in [0.25, 0.3) is 0 Å². The highest BCUT2D eigenvalue weighted by molar-refractivity contribution is 5.46. The molecule has 1 rings (SSSR count). The molecule has 2 N–H and O–H groups in total. The summed E-state index contributed by atoms with van der Waals surface area (Å²) in [5.74, 6) is 0.472. The zero-order valence-corrected chi connectivity index (χ0v) is 8.56. The third-order valence-electron chi connectivity index (χ3n) is 1.67. The molecular formula is C10H16N2O2. The van der Waals surface area contributed by atoms with Crippen molar-refractivity contribution in [3.8, 4) is 5.88 Å². The van der Waals surface area contributed by atoms with Gasteiger partial charge in [-0.3, -0.25) is 0 Å². The number of nitrogen functional groups attached to an aromatic ring is 1. The molecule has 0 fully saturated rings. The summed E-state index contributed by atoms with van der Waals surface area (Å²) in [5, 5.41) is 0. The molecule has 0 amide bonds. The molecule has 1 heterocycles. The molecule has 0 saturated heterocycles. The lowest BCUT2D eigenvalue weighted by atomic mass is 10.4. The first kappa shape index (κ1) is 10.8. The van der Waals surface area contributed by atoms with E-state index in [0.29, 0.717) is 24.8 Å². The Morgan fingerprint density at radius 2 is 2.36 bits per heavy atom. The highest BCUT2D eigenvalue weighted by atomic mass is 16.5. The Morgan fingerprint density at radius 1 is 1.57 bits per heavy atom. The van der Waals surface area contributed by atoms with Gasteiger partial charge in [0.15, 0.2) is 0 Å². The predicted molar refractivity (Wildman–Crippen MR) is 55.2 cm³/mol. The quantitative estimate of drug-likeness (QED) is 0.774. The SMILES string of the molecule is CCOCC(C)Oc1ncccc1N. The molecule has 0 spiro atoms. The van der Waals surface area contributed by atoms with Crippen LogP contribution in [0.1, 0.15) is 13.8 Å². The average Bonchev–Trinajstić information content (AvgIpc) is 2.18. The molecule has 1 unspecified atom stereocenters. The zero-order valence-electron chi connectivity index (χ0n) is 8.56. The van der Waals surface area contributed by atoms with Crippen LogP contribution in [0, 0.1) is 0 Å². The van der Waals surface area contributed by atoms with Crippen LogP contribution < -0.4 is 10.5 Å². The largest absolute Gasteiger partial charge is 0.471 e. The molecule has 1 atom stereocenters. The Morgan fingerprint density at radius 3 is 3.00 bits per heavy atom. The number of aromatic nitrogens is 1. The van der Waals surface area contributed by atoms with Crippen LogP contribution in [0.4, 0.5) is 5.69 Å². The highest BCUT2D eigenvalue weighted by Gasteiger charge is 2.06. The lowest BCUT2D eigenvalue weighted by Gasteiger charge is -2.14. The van der Waals surface area contributed by atoms with Gasteiger partial charge in [-0.2, -0.15) is 0 Å². The third-order valence-corrected chi connectivity index (χ3v) is 1.67. The van der Waals surface area contributed by atoms with Crippen molar-refractivity contribution in [1.82, 2.24) is 4.98 Å². The van der Waals surface area contributed by atoms with Crippen LogP contribution >= 0.6 is 0 Å². The number of nitrogens with two attached hydrogens (primary N) is 1. The number of pyridine rings is 1. The molecular weight excluding hydrogens is 180 g/mol. The minimum atomic E-state index is -0.0350. The van der Waals surface area contributed by atoms with Crippen LogP contribution in [0.15, 0.2) is 18.3 Å². The number of rotatable bonds is 5. The number of hydrogen-bond acceptors (Lipinski definition) is 4. The Hall–Kier alpha value is -1.29. The van der Waals surface area contributed by atoms with E-state index in [1.54, 1.807) is 18.3 Å². The summed E-state index contributed by atoms with van der Waals surface area (Å²) in [7, 11) is 0. The fourth-order valence-corrected chi connectivity index (χ4v) is 1.01. The van der Waals surface area contributed by atoms with Crippen LogP contribution in [0.2, 0.25) is 0 Å². The summed E-state index contributed by atoms with van der Waals surface area (Å²) in [6, 6.07) is 3.53. The van der Waals surface area contributed by atoms with Gasteiger partial charge in [0.25, 0.3) is 0 Å². The second kappa shape index (κ2) is 5.44. The lowest BCUT2D eigenvalue weighted by molar-refractivity contribution is 0.0638. The van der Waals surface area contributed by atoms with Gasteiger partial charge in [0, 0.05) is 12.8 Å². The van der Waals surface area contributed by atoms with Crippen LogP contribution in [0.3, 0.4) is 0 Å². The van der Waals surface area contributed by atoms with E-state index >= 15 is 0 Å². The van der Waals surface area contributed by atoms with Gasteiger partial charge < -0.3 is 15.2 Å². The standard InChI is InChI=1S/C10H16N2O2/c1-3-13-7-8(2)14-10-9(11)5-4-6-12-10/h4-6,8H,3,7,11H2,1-2H3. The molecule has 0 bridgehead atoms. The normalized spacial score (nSPS) is 12.4. The molecule has 0 aliphatic carbocycles. The molecule has 4 nitrogen and oxygen atoms in total. The minimum absolute atomic E-state index is 0.0350. The highest BCUT2D eigenvalue weighted by Crippen LogP contribution is 2.17. The van der Waals surface area contributed by atoms with E-state index in [2.05, 4.69) is 4.98 Å². The van der Waals surface area contributed by atoms with E-state index < -0.39 is 0 Å². The van der Waals surface area contributed by atoms with Crippen molar-refractivity contribution in [3.05, 3.63) is 18.3 Å². The first-order valence-corrected chi connectivity index (χ1v) is 4.69. The van der Waals surface area contributed by atoms with E-state index in [-0.39, 0.29) is 6.10 Å². The van der Waals surface area contributed by atoms with E-state index in [9.17, 15) is 0 Å². The molecule has 0 aliphatic heterocycles. The molecule has 78 valence electrons. The number of ether oxygens (including phenoxy) is 2. The fourth-order valence-electron chi connectivity index (χ4n) is 1.01. The predicted octanol–water partition coefficient (Wildman–Crippen LogP) is 1.47. The summed E-state index contributed by atoms with van der Waals surface area (Å²) in [6.07, 6.45) is 1.62. The molecule has 0 saturated carbocycles. The van der Waals surface area contributed by atoms with Crippen LogP contribution in [0.5, 0.6) is 5.88 Å². The summed E-state index contributed by atoms with van der Waals surface area (Å²) in [6.45, 7) is 5.10. The Kier molecular flexibility index (Phi) is 4.19. The lowest BCUT2D eigenvalue weighted by Crippen LogP contribution is -2.20. The number of hydrogen-bond donors (Lipinski definition) is 1. The number of nitrogens with zero attached hydrogens (tertiary/aromatic N) is 1. The van der Waals surface area contributed by atoms with Gasteiger partial charge in [-0.25, -0.2) is 4.98 Å². The van der Waals surface area contributed by atoms with Crippen LogP contribution in [-0.2, 0) is 4.74 Å². The van der Waals surface area contributed by atoms with Crippen molar-refractivity contribution in [2.75, 3.05) is 18.9 Å². The summed E-state index contributed by atoms with van der Waals surface area (Å²) in [4.78, 5) is 4.02. The molecule has 4 heteroatoms. The minimum Gasteiger partial charge on any atom is -0.471 e. The van der Waals surface area contributed by atoms with Gasteiger partial charge in [-0.15, -0.1) is 0 Å². The molecule has 1 aromatic rings. The second-order valence-electron chi connectivity index (χ2n) is 2.99. The van der Waals surface area contributed by atoms with Crippen molar-refractivity contribution in [1.29, 1.82) is 0 Å². The van der Waals surface area contributed by atoms with E-state index in [1.807, 2.05) is 13.8 Å². The summed E-state index contributed by atoms with van der Waals surface area (Å²) in [5.41, 5.74) is 6.22. The summed E-state index contributed by atoms with van der Waals surface area (Å²) < 4.78 is 10.7. The summed E-state index contributed by atoms with van der Waals surface area (Å²) >= 11 is 0. The third kappa shape index (κ3) is 3.22. The maximum Gasteiger partial charge on any atom is 0.237 e. The second-order valence-corrected chi connectivity index (χ2v) is 2.99. The van der Waals surface area contributed by atoms with Gasteiger partial charge >= 0.3 is 0 Å². The zero-order chi connectivity index (χ0) is 10.4. The molecule has 1 aromatic heterocycles. The Labute approximate surface area is 84.0 Å². The van der Waals surface area contributed by atoms with Gasteiger partial charge in [0.05, 0.1) is 12.3 Å². The van der Waals surface area contributed by atoms with Crippen molar-refractivity contribution in [2.24, 2.45) is 0 Å². The Bertz CT molecular complexity index is 279. The van der Waals surface area contributed by atoms with Gasteiger partial charge in [0.2, 0.25) is 5.88 Å². The molecule has 14 heavy (non-hydrogen) atoms. The first-order valence-electron chi connectivity index (χ1n) is 4.69. The average molecular weight is 196 g/mol. The van der Waals surface area contributed by atoms with Gasteiger partial charge in [-0.05, 0) is 26.0 Å². The molecule has 0 aliphatic rings. The van der Waals surface area contributed by atoms with E-state index in [0.717, 1.165) is 0 Å². The Balaban J connectivity index is 2.47. The van der Waals surface area contributed by atoms with E-state index in [1.165, 1.54) is 0 Å². The van der Waals surface area contributed by atoms with E-state index in [4.69, 9.17) is 15.2 Å². The number of anilines is 1. The molecule has 0 radical (unpaired) electrons. The van der Waals surface area contributed by atoms with Crippen LogP contribution in [-0.4, -0.2) is 24.3 Å². The maximum absolute atomic E-state index is 5.67. The first-order chi connectivity index (χ1) is 6.74. The van der Waals surface area contributed by atoms with Crippen molar-refractivity contribution in [2.45, 2.75) is 20.0 Å². The van der Waals surface area contributed by atoms with Crippen molar-refractivity contribution < 1.29 is 9.47 Å². The van der Waals surface area contributed by atoms with Crippen molar-refractivity contribution in [3.63, 3.8) is 0 Å². The topological polar surface area (TPSA) is 57.4 Å². The van der Waals surface area contributed by atoms with Gasteiger partial charge in [0.1, 0.15) is 6.10 Å². The monoisotopic (exact) mass is 196 g/mol.